The number of rotatable bonds is 2. The SMILES string of the molecule is Nc1ccc2ccc3c(N)c(-c4ccc(-c5ccccc5)cc4)cc4ccc1c2c43. The van der Waals surface area contributed by atoms with Crippen molar-refractivity contribution in [2.45, 2.75) is 0 Å². The van der Waals surface area contributed by atoms with Crippen LogP contribution < -0.4 is 11.5 Å². The zero-order valence-corrected chi connectivity index (χ0v) is 16.4. The lowest BCUT2D eigenvalue weighted by Gasteiger charge is -2.16. The topological polar surface area (TPSA) is 52.0 Å². The van der Waals surface area contributed by atoms with Crippen LogP contribution in [0.1, 0.15) is 0 Å². The summed E-state index contributed by atoms with van der Waals surface area (Å²) in [6, 6.07) is 33.9. The molecule has 0 fully saturated rings. The normalized spacial score (nSPS) is 11.6. The molecule has 0 amide bonds. The molecule has 6 aromatic rings. The molecule has 142 valence electrons. The van der Waals surface area contributed by atoms with Crippen molar-refractivity contribution in [3.63, 3.8) is 0 Å². The average Bonchev–Trinajstić information content (AvgIpc) is 2.80. The summed E-state index contributed by atoms with van der Waals surface area (Å²) in [7, 11) is 0. The lowest BCUT2D eigenvalue weighted by Crippen LogP contribution is -1.95. The smallest absolute Gasteiger partial charge is 0.0474 e. The Kier molecular flexibility index (Phi) is 3.50. The van der Waals surface area contributed by atoms with Crippen molar-refractivity contribution in [3.8, 4) is 22.3 Å². The molecule has 0 aliphatic rings. The maximum Gasteiger partial charge on any atom is 0.0474 e. The zero-order chi connectivity index (χ0) is 20.2. The number of nitrogens with two attached hydrogens (primary N) is 2. The Hall–Kier alpha value is -4.04. The van der Waals surface area contributed by atoms with Gasteiger partial charge in [-0.25, -0.2) is 0 Å². The highest BCUT2D eigenvalue weighted by molar-refractivity contribution is 6.28. The Morgan fingerprint density at radius 2 is 1.07 bits per heavy atom. The van der Waals surface area contributed by atoms with E-state index in [1.165, 1.54) is 32.7 Å². The monoisotopic (exact) mass is 384 g/mol. The van der Waals surface area contributed by atoms with E-state index in [4.69, 9.17) is 11.5 Å². The third-order valence-electron chi connectivity index (χ3n) is 6.16. The molecule has 4 N–H and O–H groups in total. The van der Waals surface area contributed by atoms with Crippen LogP contribution >= 0.6 is 0 Å². The van der Waals surface area contributed by atoms with Gasteiger partial charge in [0, 0.05) is 27.7 Å². The van der Waals surface area contributed by atoms with Crippen molar-refractivity contribution in [1.29, 1.82) is 0 Å². The molecule has 0 saturated heterocycles. The van der Waals surface area contributed by atoms with Gasteiger partial charge in [-0.1, -0.05) is 84.9 Å². The van der Waals surface area contributed by atoms with Crippen LogP contribution in [0.25, 0.3) is 54.6 Å². The predicted octanol–water partition coefficient (Wildman–Crippen LogP) is 7.08. The first-order valence-electron chi connectivity index (χ1n) is 10.1. The number of benzene rings is 6. The highest BCUT2D eigenvalue weighted by Gasteiger charge is 2.15. The number of hydrogen-bond donors (Lipinski definition) is 2. The standard InChI is InChI=1S/C28H20N2/c29-25-15-12-20-10-14-23-27-21(11-13-22(25)26(20)27)16-24(28(23)30)19-8-6-18(7-9-19)17-4-2-1-3-5-17/h1-16H,29-30H2. The maximum absolute atomic E-state index is 6.72. The summed E-state index contributed by atoms with van der Waals surface area (Å²) in [5, 5.41) is 6.94. The molecular weight excluding hydrogens is 364 g/mol. The van der Waals surface area contributed by atoms with Crippen LogP contribution in [-0.4, -0.2) is 0 Å². The summed E-state index contributed by atoms with van der Waals surface area (Å²) in [6.45, 7) is 0. The number of anilines is 2. The second kappa shape index (κ2) is 6.23. The van der Waals surface area contributed by atoms with Gasteiger partial charge in [-0.05, 0) is 50.4 Å². The van der Waals surface area contributed by atoms with E-state index in [0.29, 0.717) is 0 Å². The molecule has 2 nitrogen and oxygen atoms in total. The van der Waals surface area contributed by atoms with E-state index in [-0.39, 0.29) is 0 Å². The molecule has 0 heterocycles. The van der Waals surface area contributed by atoms with Crippen molar-refractivity contribution in [3.05, 3.63) is 97.1 Å². The van der Waals surface area contributed by atoms with Crippen LogP contribution in [-0.2, 0) is 0 Å². The second-order valence-corrected chi connectivity index (χ2v) is 7.86. The minimum atomic E-state index is 0.802. The Morgan fingerprint density at radius 3 is 1.87 bits per heavy atom. The molecule has 0 saturated carbocycles. The molecule has 0 atom stereocenters. The fourth-order valence-corrected chi connectivity index (χ4v) is 4.63. The molecule has 0 unspecified atom stereocenters. The summed E-state index contributed by atoms with van der Waals surface area (Å²) in [4.78, 5) is 0. The van der Waals surface area contributed by atoms with Crippen molar-refractivity contribution in [1.82, 2.24) is 0 Å². The predicted molar refractivity (Wildman–Crippen MR) is 130 cm³/mol. The minimum absolute atomic E-state index is 0.802. The first-order chi connectivity index (χ1) is 14.7. The first-order valence-corrected chi connectivity index (χ1v) is 10.1. The molecule has 0 radical (unpaired) electrons. The van der Waals surface area contributed by atoms with E-state index in [1.807, 2.05) is 12.1 Å². The summed E-state index contributed by atoms with van der Waals surface area (Å²) in [5.41, 5.74) is 19.2. The summed E-state index contributed by atoms with van der Waals surface area (Å²) < 4.78 is 0. The Balaban J connectivity index is 1.58. The summed E-state index contributed by atoms with van der Waals surface area (Å²) >= 11 is 0. The molecule has 30 heavy (non-hydrogen) atoms. The lowest BCUT2D eigenvalue weighted by molar-refractivity contribution is 1.60. The largest absolute Gasteiger partial charge is 0.398 e. The van der Waals surface area contributed by atoms with Crippen molar-refractivity contribution in [2.75, 3.05) is 11.5 Å². The van der Waals surface area contributed by atoms with E-state index >= 15 is 0 Å². The zero-order valence-electron chi connectivity index (χ0n) is 16.4. The van der Waals surface area contributed by atoms with E-state index in [0.717, 1.165) is 33.3 Å². The molecule has 0 spiro atoms. The third-order valence-corrected chi connectivity index (χ3v) is 6.16. The van der Waals surface area contributed by atoms with E-state index in [1.54, 1.807) is 0 Å². The van der Waals surface area contributed by atoms with Gasteiger partial charge in [0.25, 0.3) is 0 Å². The summed E-state index contributed by atoms with van der Waals surface area (Å²) in [6.07, 6.45) is 0. The summed E-state index contributed by atoms with van der Waals surface area (Å²) in [5.74, 6) is 0. The van der Waals surface area contributed by atoms with Crippen LogP contribution in [0.5, 0.6) is 0 Å². The van der Waals surface area contributed by atoms with Gasteiger partial charge < -0.3 is 11.5 Å². The fourth-order valence-electron chi connectivity index (χ4n) is 4.63. The highest BCUT2D eigenvalue weighted by Crippen LogP contribution is 2.42. The minimum Gasteiger partial charge on any atom is -0.398 e. The van der Waals surface area contributed by atoms with Crippen LogP contribution in [0, 0.1) is 0 Å². The molecule has 0 bridgehead atoms. The van der Waals surface area contributed by atoms with Gasteiger partial charge in [0.15, 0.2) is 0 Å². The van der Waals surface area contributed by atoms with Gasteiger partial charge in [-0.3, -0.25) is 0 Å². The van der Waals surface area contributed by atoms with E-state index in [9.17, 15) is 0 Å². The molecule has 6 rings (SSSR count). The first kappa shape index (κ1) is 16.9. The van der Waals surface area contributed by atoms with Gasteiger partial charge in [-0.15, -0.1) is 0 Å². The van der Waals surface area contributed by atoms with Crippen molar-refractivity contribution >= 4 is 43.7 Å². The van der Waals surface area contributed by atoms with Crippen molar-refractivity contribution in [2.24, 2.45) is 0 Å². The Labute approximate surface area is 174 Å². The average molecular weight is 384 g/mol. The fraction of sp³-hybridized carbons (Fsp3) is 0. The van der Waals surface area contributed by atoms with Gasteiger partial charge >= 0.3 is 0 Å². The third kappa shape index (κ3) is 2.37. The highest BCUT2D eigenvalue weighted by atomic mass is 14.6. The van der Waals surface area contributed by atoms with E-state index in [2.05, 4.69) is 84.9 Å². The van der Waals surface area contributed by atoms with Gasteiger partial charge in [-0.2, -0.15) is 0 Å². The quantitative estimate of drug-likeness (QED) is 0.247. The number of hydrogen-bond acceptors (Lipinski definition) is 2. The van der Waals surface area contributed by atoms with Gasteiger partial charge in [0.1, 0.15) is 0 Å². The molecule has 2 heteroatoms. The van der Waals surface area contributed by atoms with Crippen molar-refractivity contribution < 1.29 is 0 Å². The van der Waals surface area contributed by atoms with Crippen LogP contribution in [0.15, 0.2) is 97.1 Å². The molecule has 6 aromatic carbocycles. The Bertz CT molecular complexity index is 1530. The van der Waals surface area contributed by atoms with Crippen LogP contribution in [0.2, 0.25) is 0 Å². The number of nitrogen functional groups attached to an aromatic ring is 2. The lowest BCUT2D eigenvalue weighted by atomic mass is 9.89. The Morgan fingerprint density at radius 1 is 0.467 bits per heavy atom. The second-order valence-electron chi connectivity index (χ2n) is 7.86. The van der Waals surface area contributed by atoms with E-state index < -0.39 is 0 Å². The van der Waals surface area contributed by atoms with Gasteiger partial charge in [0.05, 0.1) is 0 Å². The van der Waals surface area contributed by atoms with Crippen LogP contribution in [0.3, 0.4) is 0 Å². The molecule has 0 aliphatic heterocycles. The molecule has 0 aromatic heterocycles. The maximum atomic E-state index is 6.72. The molecule has 0 aliphatic carbocycles. The van der Waals surface area contributed by atoms with Crippen LogP contribution in [0.4, 0.5) is 11.4 Å². The van der Waals surface area contributed by atoms with Gasteiger partial charge in [0.2, 0.25) is 0 Å². The molecular formula is C28H20N2.